The first-order chi connectivity index (χ1) is 10.7. The number of pyridine rings is 1. The van der Waals surface area contributed by atoms with E-state index in [0.29, 0.717) is 30.2 Å². The van der Waals surface area contributed by atoms with Crippen LogP contribution in [-0.2, 0) is 4.74 Å². The Balaban J connectivity index is 2.08. The number of benzene rings is 1. The van der Waals surface area contributed by atoms with Crippen LogP contribution in [0, 0.1) is 17.1 Å². The molecule has 1 aromatic carbocycles. The summed E-state index contributed by atoms with van der Waals surface area (Å²) in [4.78, 5) is 6.37. The zero-order chi connectivity index (χ0) is 15.5. The van der Waals surface area contributed by atoms with Crippen LogP contribution >= 0.6 is 11.6 Å². The van der Waals surface area contributed by atoms with Gasteiger partial charge in [-0.3, -0.25) is 0 Å². The van der Waals surface area contributed by atoms with Gasteiger partial charge in [0.15, 0.2) is 0 Å². The van der Waals surface area contributed by atoms with Crippen molar-refractivity contribution in [2.24, 2.45) is 0 Å². The molecule has 1 fully saturated rings. The zero-order valence-electron chi connectivity index (χ0n) is 11.7. The molecule has 6 heteroatoms. The molecule has 2 aromatic rings. The van der Waals surface area contributed by atoms with E-state index in [2.05, 4.69) is 16.0 Å². The van der Waals surface area contributed by atoms with Gasteiger partial charge in [-0.2, -0.15) is 5.26 Å². The summed E-state index contributed by atoms with van der Waals surface area (Å²) in [6.45, 7) is 2.70. The Morgan fingerprint density at radius 2 is 1.91 bits per heavy atom. The largest absolute Gasteiger partial charge is 0.378 e. The van der Waals surface area contributed by atoms with Crippen LogP contribution in [0.1, 0.15) is 5.56 Å². The second kappa shape index (κ2) is 6.30. The molecule has 0 amide bonds. The van der Waals surface area contributed by atoms with E-state index in [4.69, 9.17) is 16.3 Å². The number of aromatic nitrogens is 1. The second-order valence-electron chi connectivity index (χ2n) is 4.91. The predicted octanol–water partition coefficient (Wildman–Crippen LogP) is 3.25. The fourth-order valence-electron chi connectivity index (χ4n) is 2.42. The Morgan fingerprint density at radius 1 is 1.23 bits per heavy atom. The smallest absolute Gasteiger partial charge is 0.149 e. The highest BCUT2D eigenvalue weighted by Crippen LogP contribution is 2.31. The summed E-state index contributed by atoms with van der Waals surface area (Å²) >= 11 is 6.17. The third kappa shape index (κ3) is 2.89. The standard InChI is InChI=1S/C16H13ClFN3O/c17-16-14(10-19)13(11-1-3-12(18)4-2-11)9-15(20-16)21-5-7-22-8-6-21/h1-4,9H,5-8H2. The van der Waals surface area contributed by atoms with Crippen molar-refractivity contribution in [3.05, 3.63) is 46.9 Å². The van der Waals surface area contributed by atoms with Gasteiger partial charge in [0.25, 0.3) is 0 Å². The number of ether oxygens (including phenoxy) is 1. The van der Waals surface area contributed by atoms with Crippen LogP contribution in [0.15, 0.2) is 30.3 Å². The van der Waals surface area contributed by atoms with E-state index in [1.165, 1.54) is 12.1 Å². The number of halogens is 2. The fraction of sp³-hybridized carbons (Fsp3) is 0.250. The molecule has 0 atom stereocenters. The first-order valence-corrected chi connectivity index (χ1v) is 7.26. The molecule has 0 saturated carbocycles. The van der Waals surface area contributed by atoms with Crippen molar-refractivity contribution in [1.82, 2.24) is 4.98 Å². The van der Waals surface area contributed by atoms with Gasteiger partial charge in [-0.1, -0.05) is 23.7 Å². The Labute approximate surface area is 132 Å². The molecule has 4 nitrogen and oxygen atoms in total. The van der Waals surface area contributed by atoms with Crippen LogP contribution in [0.25, 0.3) is 11.1 Å². The lowest BCUT2D eigenvalue weighted by molar-refractivity contribution is 0.122. The molecule has 0 N–H and O–H groups in total. The number of nitriles is 1. The lowest BCUT2D eigenvalue weighted by Crippen LogP contribution is -2.36. The normalized spacial score (nSPS) is 14.7. The number of rotatable bonds is 2. The Hall–Kier alpha value is -2.16. The minimum atomic E-state index is -0.323. The maximum absolute atomic E-state index is 13.1. The van der Waals surface area contributed by atoms with E-state index >= 15 is 0 Å². The third-order valence-electron chi connectivity index (χ3n) is 3.56. The van der Waals surface area contributed by atoms with E-state index in [0.717, 1.165) is 18.7 Å². The van der Waals surface area contributed by atoms with Gasteiger partial charge < -0.3 is 9.64 Å². The van der Waals surface area contributed by atoms with Gasteiger partial charge in [-0.05, 0) is 23.8 Å². The Morgan fingerprint density at radius 3 is 2.55 bits per heavy atom. The van der Waals surface area contributed by atoms with Gasteiger partial charge in [-0.15, -0.1) is 0 Å². The van der Waals surface area contributed by atoms with Crippen LogP contribution < -0.4 is 4.90 Å². The van der Waals surface area contributed by atoms with Crippen LogP contribution in [0.5, 0.6) is 0 Å². The predicted molar refractivity (Wildman–Crippen MR) is 82.4 cm³/mol. The van der Waals surface area contributed by atoms with E-state index in [9.17, 15) is 9.65 Å². The van der Waals surface area contributed by atoms with Crippen LogP contribution in [0.4, 0.5) is 10.2 Å². The highest BCUT2D eigenvalue weighted by atomic mass is 35.5. The molecule has 0 bridgehead atoms. The van der Waals surface area contributed by atoms with Crippen LogP contribution in [0.2, 0.25) is 5.15 Å². The Kier molecular flexibility index (Phi) is 4.23. The van der Waals surface area contributed by atoms with Crippen molar-refractivity contribution in [3.63, 3.8) is 0 Å². The van der Waals surface area contributed by atoms with Gasteiger partial charge in [0.2, 0.25) is 0 Å². The molecule has 0 unspecified atom stereocenters. The lowest BCUT2D eigenvalue weighted by Gasteiger charge is -2.28. The summed E-state index contributed by atoms with van der Waals surface area (Å²) in [6, 6.07) is 9.88. The summed E-state index contributed by atoms with van der Waals surface area (Å²) < 4.78 is 18.4. The number of morpholine rings is 1. The number of nitrogens with zero attached hydrogens (tertiary/aromatic N) is 3. The van der Waals surface area contributed by atoms with Crippen molar-refractivity contribution in [2.75, 3.05) is 31.2 Å². The highest BCUT2D eigenvalue weighted by Gasteiger charge is 2.18. The van der Waals surface area contributed by atoms with E-state index in [1.54, 1.807) is 12.1 Å². The van der Waals surface area contributed by atoms with Crippen molar-refractivity contribution >= 4 is 17.4 Å². The minimum Gasteiger partial charge on any atom is -0.378 e. The van der Waals surface area contributed by atoms with Gasteiger partial charge in [0.1, 0.15) is 22.9 Å². The maximum atomic E-state index is 13.1. The quantitative estimate of drug-likeness (QED) is 0.798. The molecule has 22 heavy (non-hydrogen) atoms. The molecular weight excluding hydrogens is 305 g/mol. The molecule has 0 spiro atoms. The summed E-state index contributed by atoms with van der Waals surface area (Å²) in [5, 5.41) is 9.49. The molecule has 1 aromatic heterocycles. The molecule has 2 heterocycles. The van der Waals surface area contributed by atoms with E-state index in [-0.39, 0.29) is 11.0 Å². The number of hydrogen-bond donors (Lipinski definition) is 0. The summed E-state index contributed by atoms with van der Waals surface area (Å²) in [5.74, 6) is 0.377. The molecule has 0 radical (unpaired) electrons. The first-order valence-electron chi connectivity index (χ1n) is 6.88. The zero-order valence-corrected chi connectivity index (χ0v) is 12.5. The number of anilines is 1. The monoisotopic (exact) mass is 317 g/mol. The van der Waals surface area contributed by atoms with E-state index in [1.807, 2.05) is 6.07 Å². The fourth-order valence-corrected chi connectivity index (χ4v) is 2.65. The molecular formula is C16H13ClFN3O. The maximum Gasteiger partial charge on any atom is 0.149 e. The average Bonchev–Trinajstić information content (AvgIpc) is 2.55. The van der Waals surface area contributed by atoms with Crippen molar-refractivity contribution in [2.45, 2.75) is 0 Å². The molecule has 1 aliphatic heterocycles. The molecule has 1 saturated heterocycles. The summed E-state index contributed by atoms with van der Waals surface area (Å²) in [5.41, 5.74) is 1.69. The van der Waals surface area contributed by atoms with E-state index < -0.39 is 0 Å². The highest BCUT2D eigenvalue weighted by molar-refractivity contribution is 6.31. The second-order valence-corrected chi connectivity index (χ2v) is 5.27. The molecule has 1 aliphatic rings. The van der Waals surface area contributed by atoms with Crippen LogP contribution in [0.3, 0.4) is 0 Å². The lowest BCUT2D eigenvalue weighted by atomic mass is 10.0. The average molecular weight is 318 g/mol. The first kappa shape index (κ1) is 14.8. The van der Waals surface area contributed by atoms with Gasteiger partial charge in [0.05, 0.1) is 18.8 Å². The summed E-state index contributed by atoms with van der Waals surface area (Å²) in [6.07, 6.45) is 0. The van der Waals surface area contributed by atoms with Crippen molar-refractivity contribution in [3.8, 4) is 17.2 Å². The number of hydrogen-bond acceptors (Lipinski definition) is 4. The molecule has 0 aliphatic carbocycles. The topological polar surface area (TPSA) is 49.2 Å². The van der Waals surface area contributed by atoms with Gasteiger partial charge in [0, 0.05) is 18.7 Å². The molecule has 3 rings (SSSR count). The Bertz CT molecular complexity index is 721. The minimum absolute atomic E-state index is 0.158. The SMILES string of the molecule is N#Cc1c(-c2ccc(F)cc2)cc(N2CCOCC2)nc1Cl. The third-order valence-corrected chi connectivity index (χ3v) is 3.84. The van der Waals surface area contributed by atoms with Gasteiger partial charge >= 0.3 is 0 Å². The van der Waals surface area contributed by atoms with Crippen molar-refractivity contribution in [1.29, 1.82) is 5.26 Å². The van der Waals surface area contributed by atoms with Gasteiger partial charge in [-0.25, -0.2) is 9.37 Å². The van der Waals surface area contributed by atoms with Crippen LogP contribution in [-0.4, -0.2) is 31.3 Å². The van der Waals surface area contributed by atoms with Crippen molar-refractivity contribution < 1.29 is 9.13 Å². The summed E-state index contributed by atoms with van der Waals surface area (Å²) in [7, 11) is 0. The molecule has 112 valence electrons.